The lowest BCUT2D eigenvalue weighted by atomic mass is 9.87. The van der Waals surface area contributed by atoms with Crippen molar-refractivity contribution in [1.29, 1.82) is 0 Å². The second kappa shape index (κ2) is 5.71. The zero-order valence-corrected chi connectivity index (χ0v) is 12.1. The number of nitrogens with zero attached hydrogens (tertiary/aromatic N) is 2. The van der Waals surface area contributed by atoms with E-state index in [9.17, 15) is 4.39 Å². The Morgan fingerprint density at radius 2 is 1.90 bits per heavy atom. The summed E-state index contributed by atoms with van der Waals surface area (Å²) in [5.74, 6) is 0.689. The summed E-state index contributed by atoms with van der Waals surface area (Å²) in [5.41, 5.74) is 6.98. The summed E-state index contributed by atoms with van der Waals surface area (Å²) in [7, 11) is 0. The third-order valence-electron chi connectivity index (χ3n) is 2.88. The molecule has 1 unspecified atom stereocenters. The molecule has 2 aromatic rings. The standard InChI is InChI=1S/C15H20FN3O/c1-15(2,3)9-12(17)8-13-18-14(19-20-13)10-4-6-11(16)7-5-10/h4-7,12H,8-9,17H2,1-3H3. The van der Waals surface area contributed by atoms with Crippen molar-refractivity contribution < 1.29 is 8.91 Å². The van der Waals surface area contributed by atoms with Crippen LogP contribution < -0.4 is 5.73 Å². The molecule has 1 aromatic heterocycles. The van der Waals surface area contributed by atoms with E-state index in [-0.39, 0.29) is 17.3 Å². The zero-order chi connectivity index (χ0) is 14.8. The Morgan fingerprint density at radius 1 is 1.25 bits per heavy atom. The highest BCUT2D eigenvalue weighted by molar-refractivity contribution is 5.53. The third kappa shape index (κ3) is 4.13. The summed E-state index contributed by atoms with van der Waals surface area (Å²) in [6, 6.07) is 5.97. The van der Waals surface area contributed by atoms with Crippen LogP contribution >= 0.6 is 0 Å². The normalized spacial score (nSPS) is 13.4. The first-order chi connectivity index (χ1) is 9.33. The topological polar surface area (TPSA) is 64.9 Å². The zero-order valence-electron chi connectivity index (χ0n) is 12.1. The van der Waals surface area contributed by atoms with Gasteiger partial charge in [0.2, 0.25) is 11.7 Å². The minimum atomic E-state index is -0.287. The molecule has 2 N–H and O–H groups in total. The fourth-order valence-electron chi connectivity index (χ4n) is 2.14. The minimum absolute atomic E-state index is 0.0171. The average molecular weight is 277 g/mol. The molecule has 1 aromatic carbocycles. The molecule has 0 aliphatic heterocycles. The number of hydrogen-bond donors (Lipinski definition) is 1. The fraction of sp³-hybridized carbons (Fsp3) is 0.467. The van der Waals surface area contributed by atoms with Crippen molar-refractivity contribution in [3.05, 3.63) is 36.0 Å². The van der Waals surface area contributed by atoms with Crippen LogP contribution in [0.5, 0.6) is 0 Å². The van der Waals surface area contributed by atoms with Crippen LogP contribution in [0.4, 0.5) is 4.39 Å². The van der Waals surface area contributed by atoms with E-state index in [0.29, 0.717) is 18.1 Å². The van der Waals surface area contributed by atoms with E-state index in [1.54, 1.807) is 12.1 Å². The van der Waals surface area contributed by atoms with Gasteiger partial charge in [0.15, 0.2) is 0 Å². The molecule has 2 rings (SSSR count). The number of aromatic nitrogens is 2. The summed E-state index contributed by atoms with van der Waals surface area (Å²) in [6.45, 7) is 6.43. The van der Waals surface area contributed by atoms with Crippen molar-refractivity contribution in [2.75, 3.05) is 0 Å². The van der Waals surface area contributed by atoms with Crippen LogP contribution in [0.15, 0.2) is 28.8 Å². The maximum atomic E-state index is 12.9. The molecule has 1 heterocycles. The average Bonchev–Trinajstić information content (AvgIpc) is 2.75. The van der Waals surface area contributed by atoms with Crippen molar-refractivity contribution >= 4 is 0 Å². The first-order valence-corrected chi connectivity index (χ1v) is 6.67. The highest BCUT2D eigenvalue weighted by Gasteiger charge is 2.18. The van der Waals surface area contributed by atoms with Gasteiger partial charge < -0.3 is 10.3 Å². The number of nitrogens with two attached hydrogens (primary N) is 1. The molecule has 0 radical (unpaired) electrons. The molecule has 0 aliphatic rings. The molecule has 0 aliphatic carbocycles. The lowest BCUT2D eigenvalue weighted by molar-refractivity contribution is 0.313. The van der Waals surface area contributed by atoms with Gasteiger partial charge >= 0.3 is 0 Å². The van der Waals surface area contributed by atoms with E-state index in [0.717, 1.165) is 12.0 Å². The number of halogens is 1. The molecule has 0 fully saturated rings. The van der Waals surface area contributed by atoms with Gasteiger partial charge in [-0.05, 0) is 36.1 Å². The van der Waals surface area contributed by atoms with Crippen molar-refractivity contribution in [1.82, 2.24) is 10.1 Å². The summed E-state index contributed by atoms with van der Waals surface area (Å²) < 4.78 is 18.1. The highest BCUT2D eigenvalue weighted by atomic mass is 19.1. The maximum Gasteiger partial charge on any atom is 0.228 e. The molecule has 20 heavy (non-hydrogen) atoms. The van der Waals surface area contributed by atoms with Crippen LogP contribution in [-0.4, -0.2) is 16.2 Å². The Morgan fingerprint density at radius 3 is 2.50 bits per heavy atom. The van der Waals surface area contributed by atoms with Gasteiger partial charge in [0.1, 0.15) is 5.82 Å². The van der Waals surface area contributed by atoms with Crippen LogP contribution in [0, 0.1) is 11.2 Å². The van der Waals surface area contributed by atoms with E-state index in [2.05, 4.69) is 30.9 Å². The van der Waals surface area contributed by atoms with Crippen molar-refractivity contribution in [3.8, 4) is 11.4 Å². The molecule has 4 nitrogen and oxygen atoms in total. The second-order valence-electron chi connectivity index (χ2n) is 6.25. The first-order valence-electron chi connectivity index (χ1n) is 6.67. The molecule has 0 spiro atoms. The lowest BCUT2D eigenvalue weighted by Gasteiger charge is -2.21. The van der Waals surface area contributed by atoms with E-state index in [4.69, 9.17) is 10.3 Å². The maximum absolute atomic E-state index is 12.9. The molecule has 5 heteroatoms. The van der Waals surface area contributed by atoms with Gasteiger partial charge in [0.05, 0.1) is 0 Å². The molecule has 0 saturated carbocycles. The number of benzene rings is 1. The highest BCUT2D eigenvalue weighted by Crippen LogP contribution is 2.22. The van der Waals surface area contributed by atoms with Crippen molar-refractivity contribution in [2.45, 2.75) is 39.7 Å². The van der Waals surface area contributed by atoms with Gasteiger partial charge in [-0.1, -0.05) is 25.9 Å². The Balaban J connectivity index is 2.04. The fourth-order valence-corrected chi connectivity index (χ4v) is 2.14. The van der Waals surface area contributed by atoms with E-state index in [1.807, 2.05) is 0 Å². The molecular formula is C15H20FN3O. The predicted molar refractivity (Wildman–Crippen MR) is 75.4 cm³/mol. The summed E-state index contributed by atoms with van der Waals surface area (Å²) in [4.78, 5) is 4.30. The Labute approximate surface area is 118 Å². The van der Waals surface area contributed by atoms with Gasteiger partial charge in [0, 0.05) is 18.0 Å². The molecule has 108 valence electrons. The Bertz CT molecular complexity index is 557. The summed E-state index contributed by atoms with van der Waals surface area (Å²) in [6.07, 6.45) is 1.42. The molecule has 0 amide bonds. The van der Waals surface area contributed by atoms with Gasteiger partial charge in [0.25, 0.3) is 0 Å². The largest absolute Gasteiger partial charge is 0.339 e. The van der Waals surface area contributed by atoms with Crippen LogP contribution in [-0.2, 0) is 6.42 Å². The molecule has 0 bridgehead atoms. The smallest absolute Gasteiger partial charge is 0.228 e. The van der Waals surface area contributed by atoms with Crippen molar-refractivity contribution in [3.63, 3.8) is 0 Å². The summed E-state index contributed by atoms with van der Waals surface area (Å²) in [5, 5.41) is 3.90. The van der Waals surface area contributed by atoms with E-state index < -0.39 is 0 Å². The van der Waals surface area contributed by atoms with Crippen LogP contribution in [0.3, 0.4) is 0 Å². The predicted octanol–water partition coefficient (Wildman–Crippen LogP) is 3.18. The van der Waals surface area contributed by atoms with Gasteiger partial charge in [-0.15, -0.1) is 0 Å². The van der Waals surface area contributed by atoms with Gasteiger partial charge in [-0.2, -0.15) is 4.98 Å². The lowest BCUT2D eigenvalue weighted by Crippen LogP contribution is -2.28. The van der Waals surface area contributed by atoms with Crippen molar-refractivity contribution in [2.24, 2.45) is 11.1 Å². The monoisotopic (exact) mass is 277 g/mol. The van der Waals surface area contributed by atoms with Crippen LogP contribution in [0.2, 0.25) is 0 Å². The minimum Gasteiger partial charge on any atom is -0.339 e. The van der Waals surface area contributed by atoms with E-state index >= 15 is 0 Å². The van der Waals surface area contributed by atoms with Gasteiger partial charge in [-0.25, -0.2) is 4.39 Å². The number of rotatable bonds is 4. The Hall–Kier alpha value is -1.75. The second-order valence-corrected chi connectivity index (χ2v) is 6.25. The quantitative estimate of drug-likeness (QED) is 0.932. The van der Waals surface area contributed by atoms with Crippen LogP contribution in [0.1, 0.15) is 33.1 Å². The third-order valence-corrected chi connectivity index (χ3v) is 2.88. The van der Waals surface area contributed by atoms with E-state index in [1.165, 1.54) is 12.1 Å². The number of hydrogen-bond acceptors (Lipinski definition) is 4. The summed E-state index contributed by atoms with van der Waals surface area (Å²) >= 11 is 0. The SMILES string of the molecule is CC(C)(C)CC(N)Cc1nc(-c2ccc(F)cc2)no1. The Kier molecular flexibility index (Phi) is 4.18. The van der Waals surface area contributed by atoms with Crippen LogP contribution in [0.25, 0.3) is 11.4 Å². The van der Waals surface area contributed by atoms with Gasteiger partial charge in [-0.3, -0.25) is 0 Å². The first kappa shape index (κ1) is 14.7. The molecule has 0 saturated heterocycles. The molecular weight excluding hydrogens is 257 g/mol. The molecule has 1 atom stereocenters.